The van der Waals surface area contributed by atoms with Gasteiger partial charge in [0.25, 0.3) is 0 Å². The van der Waals surface area contributed by atoms with Crippen molar-refractivity contribution in [2.45, 2.75) is 26.4 Å². The lowest BCUT2D eigenvalue weighted by Gasteiger charge is -2.18. The second kappa shape index (κ2) is 7.17. The van der Waals surface area contributed by atoms with E-state index < -0.39 is 17.7 Å². The highest BCUT2D eigenvalue weighted by molar-refractivity contribution is 7.22. The molecule has 0 saturated heterocycles. The lowest BCUT2D eigenvalue weighted by molar-refractivity contribution is 0.0634. The molecule has 0 atom stereocenters. The van der Waals surface area contributed by atoms with E-state index in [4.69, 9.17) is 16.3 Å². The molecule has 3 rings (SSSR count). The van der Waals surface area contributed by atoms with E-state index in [0.29, 0.717) is 25.9 Å². The van der Waals surface area contributed by atoms with Crippen molar-refractivity contribution < 1.29 is 19.4 Å². The Morgan fingerprint density at radius 3 is 2.59 bits per heavy atom. The minimum atomic E-state index is -1.05. The molecule has 140 valence electrons. The van der Waals surface area contributed by atoms with Crippen LogP contribution in [0.15, 0.2) is 36.4 Å². The number of nitrogens with zero attached hydrogens (tertiary/aromatic N) is 1. The van der Waals surface area contributed by atoms with E-state index in [9.17, 15) is 14.7 Å². The van der Waals surface area contributed by atoms with Crippen LogP contribution in [0.1, 0.15) is 31.1 Å². The van der Waals surface area contributed by atoms with Crippen LogP contribution in [0.5, 0.6) is 0 Å². The number of carboxylic acid groups (broad SMARTS) is 1. The number of amides is 1. The largest absolute Gasteiger partial charge is 0.478 e. The molecule has 1 heterocycles. The van der Waals surface area contributed by atoms with Gasteiger partial charge in [-0.3, -0.25) is 5.32 Å². The van der Waals surface area contributed by atoms with Gasteiger partial charge in [-0.15, -0.1) is 0 Å². The first-order valence-electron chi connectivity index (χ1n) is 8.06. The predicted octanol–water partition coefficient (Wildman–Crippen LogP) is 5.66. The van der Waals surface area contributed by atoms with Crippen LogP contribution in [0, 0.1) is 0 Å². The molecule has 27 heavy (non-hydrogen) atoms. The molecule has 0 bridgehead atoms. The van der Waals surface area contributed by atoms with E-state index in [2.05, 4.69) is 10.3 Å². The Bertz CT molecular complexity index is 1040. The Kier molecular flexibility index (Phi) is 5.08. The number of benzene rings is 2. The number of ether oxygens (including phenoxy) is 1. The number of aromatic nitrogens is 1. The molecule has 0 aliphatic rings. The second-order valence-electron chi connectivity index (χ2n) is 6.83. The second-order valence-corrected chi connectivity index (χ2v) is 8.30. The number of nitrogens with one attached hydrogen (secondary N) is 1. The van der Waals surface area contributed by atoms with Gasteiger partial charge in [0.1, 0.15) is 5.60 Å². The van der Waals surface area contributed by atoms with Crippen molar-refractivity contribution in [3.05, 3.63) is 47.0 Å². The van der Waals surface area contributed by atoms with Gasteiger partial charge in [0.2, 0.25) is 0 Å². The molecule has 6 nitrogen and oxygen atoms in total. The van der Waals surface area contributed by atoms with E-state index in [1.807, 2.05) is 6.07 Å². The zero-order chi connectivity index (χ0) is 19.8. The van der Waals surface area contributed by atoms with Crippen LogP contribution >= 0.6 is 22.9 Å². The number of aromatic carboxylic acids is 1. The Hall–Kier alpha value is -2.64. The van der Waals surface area contributed by atoms with E-state index in [-0.39, 0.29) is 5.56 Å². The summed E-state index contributed by atoms with van der Waals surface area (Å²) in [6, 6.07) is 10.2. The minimum Gasteiger partial charge on any atom is -0.478 e. The molecule has 0 fully saturated rings. The first kappa shape index (κ1) is 19.1. The minimum absolute atomic E-state index is 0.130. The lowest BCUT2D eigenvalue weighted by atomic mass is 10.0. The number of halogens is 1. The van der Waals surface area contributed by atoms with Crippen LogP contribution in [0.4, 0.5) is 9.93 Å². The Morgan fingerprint density at radius 1 is 1.22 bits per heavy atom. The highest BCUT2D eigenvalue weighted by Crippen LogP contribution is 2.36. The first-order valence-corrected chi connectivity index (χ1v) is 9.26. The molecule has 0 unspecified atom stereocenters. The third-order valence-corrected chi connectivity index (χ3v) is 4.64. The molecule has 8 heteroatoms. The van der Waals surface area contributed by atoms with Crippen LogP contribution in [0.3, 0.4) is 0 Å². The number of carboxylic acids is 1. The number of hydrogen-bond donors (Lipinski definition) is 2. The fraction of sp³-hybridized carbons (Fsp3) is 0.211. The van der Waals surface area contributed by atoms with Gasteiger partial charge < -0.3 is 9.84 Å². The van der Waals surface area contributed by atoms with Gasteiger partial charge >= 0.3 is 12.1 Å². The van der Waals surface area contributed by atoms with Crippen molar-refractivity contribution in [3.8, 4) is 11.1 Å². The number of anilines is 1. The van der Waals surface area contributed by atoms with E-state index >= 15 is 0 Å². The van der Waals surface area contributed by atoms with Crippen LogP contribution in [0.25, 0.3) is 21.3 Å². The smallest absolute Gasteiger partial charge is 0.413 e. The molecule has 0 saturated carbocycles. The molecule has 2 N–H and O–H groups in total. The van der Waals surface area contributed by atoms with E-state index in [1.54, 1.807) is 45.0 Å². The first-order chi connectivity index (χ1) is 12.6. The molecule has 1 aromatic heterocycles. The fourth-order valence-corrected chi connectivity index (χ4v) is 3.58. The molecule has 0 radical (unpaired) electrons. The van der Waals surface area contributed by atoms with Gasteiger partial charge in [0, 0.05) is 10.6 Å². The van der Waals surface area contributed by atoms with Crippen LogP contribution < -0.4 is 5.32 Å². The number of carbonyl (C=O) groups excluding carboxylic acids is 1. The predicted molar refractivity (Wildman–Crippen MR) is 107 cm³/mol. The van der Waals surface area contributed by atoms with Crippen molar-refractivity contribution in [3.63, 3.8) is 0 Å². The van der Waals surface area contributed by atoms with Crippen LogP contribution in [-0.4, -0.2) is 27.8 Å². The number of hydrogen-bond acceptors (Lipinski definition) is 5. The zero-order valence-electron chi connectivity index (χ0n) is 14.9. The summed E-state index contributed by atoms with van der Waals surface area (Å²) >= 11 is 7.25. The third kappa shape index (κ3) is 4.56. The maximum atomic E-state index is 12.0. The molecule has 0 spiro atoms. The van der Waals surface area contributed by atoms with Crippen LogP contribution in [-0.2, 0) is 4.74 Å². The van der Waals surface area contributed by atoms with Gasteiger partial charge in [0.05, 0.1) is 15.8 Å². The van der Waals surface area contributed by atoms with Crippen LogP contribution in [0.2, 0.25) is 5.02 Å². The SMILES string of the molecule is CC(C)(C)OC(=O)Nc1nc2c(-c3cccc(Cl)c3)cc(C(=O)O)cc2s1. The van der Waals surface area contributed by atoms with Gasteiger partial charge in [-0.25, -0.2) is 14.6 Å². The van der Waals surface area contributed by atoms with Crippen molar-refractivity contribution in [1.29, 1.82) is 0 Å². The highest BCUT2D eigenvalue weighted by Gasteiger charge is 2.19. The topological polar surface area (TPSA) is 88.5 Å². The average Bonchev–Trinajstić information content (AvgIpc) is 2.93. The van der Waals surface area contributed by atoms with E-state index in [1.165, 1.54) is 17.4 Å². The van der Waals surface area contributed by atoms with Crippen molar-refractivity contribution in [2.24, 2.45) is 0 Å². The third-order valence-electron chi connectivity index (χ3n) is 3.49. The normalized spacial score (nSPS) is 11.4. The zero-order valence-corrected chi connectivity index (χ0v) is 16.4. The van der Waals surface area contributed by atoms with Gasteiger partial charge in [0.15, 0.2) is 5.13 Å². The molecule has 3 aromatic rings. The Morgan fingerprint density at radius 2 is 1.96 bits per heavy atom. The number of carbonyl (C=O) groups is 2. The van der Waals surface area contributed by atoms with Gasteiger partial charge in [-0.2, -0.15) is 0 Å². The summed E-state index contributed by atoms with van der Waals surface area (Å²) in [5, 5.41) is 12.9. The van der Waals surface area contributed by atoms with Gasteiger partial charge in [-0.1, -0.05) is 35.1 Å². The lowest BCUT2D eigenvalue weighted by Crippen LogP contribution is -2.27. The Balaban J connectivity index is 2.07. The monoisotopic (exact) mass is 404 g/mol. The molecule has 0 aliphatic carbocycles. The summed E-state index contributed by atoms with van der Waals surface area (Å²) in [6.07, 6.45) is -0.621. The van der Waals surface area contributed by atoms with Crippen molar-refractivity contribution in [2.75, 3.05) is 5.32 Å². The molecule has 2 aromatic carbocycles. The fourth-order valence-electron chi connectivity index (χ4n) is 2.47. The Labute approximate surface area is 164 Å². The number of thiazole rings is 1. The molecular weight excluding hydrogens is 388 g/mol. The summed E-state index contributed by atoms with van der Waals surface area (Å²) in [5.74, 6) is -1.05. The number of fused-ring (bicyclic) bond motifs is 1. The molecule has 1 amide bonds. The van der Waals surface area contributed by atoms with Crippen molar-refractivity contribution in [1.82, 2.24) is 4.98 Å². The standard InChI is InChI=1S/C19H17ClN2O4S/c1-19(2,3)26-18(25)22-17-21-15-13(10-5-4-6-12(20)7-10)8-11(16(23)24)9-14(15)27-17/h4-9H,1-3H3,(H,23,24)(H,21,22,25). The summed E-state index contributed by atoms with van der Waals surface area (Å²) in [5.41, 5.74) is 1.44. The highest BCUT2D eigenvalue weighted by atomic mass is 35.5. The average molecular weight is 405 g/mol. The maximum absolute atomic E-state index is 12.0. The molecule has 0 aliphatic heterocycles. The maximum Gasteiger partial charge on any atom is 0.413 e. The summed E-state index contributed by atoms with van der Waals surface area (Å²) < 4.78 is 5.87. The van der Waals surface area contributed by atoms with E-state index in [0.717, 1.165) is 5.56 Å². The summed E-state index contributed by atoms with van der Waals surface area (Å²) in [6.45, 7) is 5.30. The summed E-state index contributed by atoms with van der Waals surface area (Å²) in [4.78, 5) is 28.0. The number of rotatable bonds is 3. The van der Waals surface area contributed by atoms with Crippen molar-refractivity contribution >= 4 is 50.3 Å². The van der Waals surface area contributed by atoms with Gasteiger partial charge in [-0.05, 0) is 50.6 Å². The molecular formula is C19H17ClN2O4S. The quantitative estimate of drug-likeness (QED) is 0.587. The summed E-state index contributed by atoms with van der Waals surface area (Å²) in [7, 11) is 0.